The first-order chi connectivity index (χ1) is 9.54. The topological polar surface area (TPSA) is 42.7 Å². The van der Waals surface area contributed by atoms with E-state index in [1.54, 1.807) is 6.33 Å². The van der Waals surface area contributed by atoms with Gasteiger partial charge in [0.2, 0.25) is 0 Å². The Morgan fingerprint density at radius 2 is 1.85 bits per heavy atom. The van der Waals surface area contributed by atoms with Gasteiger partial charge in [-0.2, -0.15) is 5.10 Å². The summed E-state index contributed by atoms with van der Waals surface area (Å²) in [5.41, 5.74) is 3.86. The van der Waals surface area contributed by atoms with E-state index < -0.39 is 0 Å². The highest BCUT2D eigenvalue weighted by Crippen LogP contribution is 2.10. The molecule has 0 spiro atoms. The highest BCUT2D eigenvalue weighted by molar-refractivity contribution is 5.28. The molecule has 0 fully saturated rings. The number of rotatable bonds is 6. The van der Waals surface area contributed by atoms with E-state index in [4.69, 9.17) is 0 Å². The van der Waals surface area contributed by atoms with E-state index in [1.807, 2.05) is 4.68 Å². The van der Waals surface area contributed by atoms with E-state index in [0.29, 0.717) is 5.92 Å². The second kappa shape index (κ2) is 6.66. The largest absolute Gasteiger partial charge is 0.310 e. The minimum absolute atomic E-state index is 0.644. The summed E-state index contributed by atoms with van der Waals surface area (Å²) in [5, 5.41) is 7.75. The van der Waals surface area contributed by atoms with Crippen molar-refractivity contribution in [3.05, 3.63) is 47.0 Å². The minimum atomic E-state index is 0.644. The highest BCUT2D eigenvalue weighted by Gasteiger charge is 2.06. The maximum Gasteiger partial charge on any atom is 0.141 e. The molecule has 0 amide bonds. The van der Waals surface area contributed by atoms with Crippen LogP contribution in [0.3, 0.4) is 0 Å². The highest BCUT2D eigenvalue weighted by atomic mass is 15.3. The number of hydrogen-bond donors (Lipinski definition) is 1. The number of aryl methyl sites for hydroxylation is 2. The summed E-state index contributed by atoms with van der Waals surface area (Å²) < 4.78 is 1.97. The molecule has 4 nitrogen and oxygen atoms in total. The quantitative estimate of drug-likeness (QED) is 0.879. The van der Waals surface area contributed by atoms with Gasteiger partial charge in [0.25, 0.3) is 0 Å². The molecule has 0 saturated carbocycles. The molecule has 0 saturated heterocycles. The molecule has 0 radical (unpaired) electrons. The van der Waals surface area contributed by atoms with Gasteiger partial charge in [-0.05, 0) is 31.9 Å². The Morgan fingerprint density at radius 3 is 2.50 bits per heavy atom. The molecule has 1 N–H and O–H groups in total. The van der Waals surface area contributed by atoms with Crippen LogP contribution in [0.1, 0.15) is 36.4 Å². The third kappa shape index (κ3) is 4.17. The van der Waals surface area contributed by atoms with E-state index in [1.165, 1.54) is 16.7 Å². The lowest BCUT2D eigenvalue weighted by molar-refractivity contribution is 0.523. The van der Waals surface area contributed by atoms with Crippen LogP contribution in [0.25, 0.3) is 0 Å². The molecule has 2 aromatic rings. The molecule has 0 unspecified atom stereocenters. The first-order valence-electron chi connectivity index (χ1n) is 7.19. The fourth-order valence-corrected chi connectivity index (χ4v) is 2.36. The molecule has 0 aliphatic rings. The Labute approximate surface area is 121 Å². The fourth-order valence-electron chi connectivity index (χ4n) is 2.36. The molecule has 2 rings (SSSR count). The van der Waals surface area contributed by atoms with Crippen molar-refractivity contribution >= 4 is 0 Å². The molecule has 1 heterocycles. The third-order valence-corrected chi connectivity index (χ3v) is 3.15. The van der Waals surface area contributed by atoms with Crippen LogP contribution in [0.2, 0.25) is 0 Å². The summed E-state index contributed by atoms with van der Waals surface area (Å²) in [6.45, 7) is 11.2. The zero-order chi connectivity index (χ0) is 14.5. The maximum atomic E-state index is 4.34. The Kier molecular flexibility index (Phi) is 4.90. The summed E-state index contributed by atoms with van der Waals surface area (Å²) in [6.07, 6.45) is 1.63. The van der Waals surface area contributed by atoms with Crippen molar-refractivity contribution in [1.82, 2.24) is 20.1 Å². The average molecular weight is 272 g/mol. The van der Waals surface area contributed by atoms with Crippen molar-refractivity contribution in [2.45, 2.75) is 40.8 Å². The Balaban J connectivity index is 2.04. The van der Waals surface area contributed by atoms with Crippen molar-refractivity contribution in [3.63, 3.8) is 0 Å². The van der Waals surface area contributed by atoms with E-state index in [0.717, 1.165) is 25.5 Å². The predicted molar refractivity (Wildman–Crippen MR) is 81.6 cm³/mol. The molecule has 1 aromatic heterocycles. The predicted octanol–water partition coefficient (Wildman–Crippen LogP) is 2.69. The van der Waals surface area contributed by atoms with Crippen LogP contribution in [0.5, 0.6) is 0 Å². The van der Waals surface area contributed by atoms with E-state index in [9.17, 15) is 0 Å². The lowest BCUT2D eigenvalue weighted by atomic mass is 10.1. The van der Waals surface area contributed by atoms with Crippen LogP contribution in [-0.4, -0.2) is 21.3 Å². The van der Waals surface area contributed by atoms with Gasteiger partial charge in [0.05, 0.1) is 13.1 Å². The van der Waals surface area contributed by atoms with Gasteiger partial charge in [-0.25, -0.2) is 9.67 Å². The minimum Gasteiger partial charge on any atom is -0.310 e. The van der Waals surface area contributed by atoms with Crippen molar-refractivity contribution in [3.8, 4) is 0 Å². The molecule has 0 aliphatic carbocycles. The SMILES string of the molecule is Cc1cc(C)cc(Cn2ncnc2CNCC(C)C)c1. The van der Waals surface area contributed by atoms with Gasteiger partial charge in [-0.15, -0.1) is 0 Å². The van der Waals surface area contributed by atoms with Crippen LogP contribution in [0.4, 0.5) is 0 Å². The number of nitrogens with one attached hydrogen (secondary N) is 1. The molecule has 0 atom stereocenters. The third-order valence-electron chi connectivity index (χ3n) is 3.15. The first kappa shape index (κ1) is 14.7. The molecule has 108 valence electrons. The molecule has 1 aromatic carbocycles. The van der Waals surface area contributed by atoms with Crippen molar-refractivity contribution in [2.75, 3.05) is 6.54 Å². The summed E-state index contributed by atoms with van der Waals surface area (Å²) in [6, 6.07) is 6.61. The van der Waals surface area contributed by atoms with Crippen molar-refractivity contribution in [1.29, 1.82) is 0 Å². The van der Waals surface area contributed by atoms with Gasteiger partial charge < -0.3 is 5.32 Å². The monoisotopic (exact) mass is 272 g/mol. The number of benzene rings is 1. The zero-order valence-corrected chi connectivity index (χ0v) is 12.8. The summed E-state index contributed by atoms with van der Waals surface area (Å²) >= 11 is 0. The lowest BCUT2D eigenvalue weighted by Crippen LogP contribution is -2.22. The average Bonchev–Trinajstić information content (AvgIpc) is 2.75. The maximum absolute atomic E-state index is 4.34. The fraction of sp³-hybridized carbons (Fsp3) is 0.500. The molecule has 4 heteroatoms. The number of nitrogens with zero attached hydrogens (tertiary/aromatic N) is 3. The van der Waals surface area contributed by atoms with Gasteiger partial charge in [0, 0.05) is 0 Å². The van der Waals surface area contributed by atoms with Crippen molar-refractivity contribution < 1.29 is 0 Å². The van der Waals surface area contributed by atoms with E-state index >= 15 is 0 Å². The molecule has 0 bridgehead atoms. The van der Waals surface area contributed by atoms with Crippen molar-refractivity contribution in [2.24, 2.45) is 5.92 Å². The number of aromatic nitrogens is 3. The second-order valence-electron chi connectivity index (χ2n) is 5.85. The zero-order valence-electron chi connectivity index (χ0n) is 12.8. The van der Waals surface area contributed by atoms with Gasteiger partial charge >= 0.3 is 0 Å². The smallest absolute Gasteiger partial charge is 0.141 e. The van der Waals surface area contributed by atoms with Gasteiger partial charge in [0.15, 0.2) is 0 Å². The van der Waals surface area contributed by atoms with Crippen LogP contribution >= 0.6 is 0 Å². The van der Waals surface area contributed by atoms with E-state index in [2.05, 4.69) is 61.3 Å². The normalized spacial score (nSPS) is 11.2. The Bertz CT molecular complexity index is 537. The summed E-state index contributed by atoms with van der Waals surface area (Å²) in [5.74, 6) is 1.63. The number of hydrogen-bond acceptors (Lipinski definition) is 3. The Morgan fingerprint density at radius 1 is 1.15 bits per heavy atom. The summed E-state index contributed by atoms with van der Waals surface area (Å²) in [7, 11) is 0. The molecule has 0 aliphatic heterocycles. The van der Waals surface area contributed by atoms with Gasteiger partial charge in [-0.1, -0.05) is 43.2 Å². The molecule has 20 heavy (non-hydrogen) atoms. The van der Waals surface area contributed by atoms with Gasteiger partial charge in [-0.3, -0.25) is 0 Å². The Hall–Kier alpha value is -1.68. The van der Waals surface area contributed by atoms with E-state index in [-0.39, 0.29) is 0 Å². The van der Waals surface area contributed by atoms with Crippen LogP contribution in [0.15, 0.2) is 24.5 Å². The standard InChI is InChI=1S/C16H24N4/c1-12(2)8-17-9-16-18-11-19-20(16)10-15-6-13(3)5-14(4)7-15/h5-7,11-12,17H,8-10H2,1-4H3. The molecular formula is C16H24N4. The lowest BCUT2D eigenvalue weighted by Gasteiger charge is -2.10. The first-order valence-corrected chi connectivity index (χ1v) is 7.19. The van der Waals surface area contributed by atoms with Crippen LogP contribution < -0.4 is 5.32 Å². The molecular weight excluding hydrogens is 248 g/mol. The summed E-state index contributed by atoms with van der Waals surface area (Å²) in [4.78, 5) is 4.34. The van der Waals surface area contributed by atoms with Crippen LogP contribution in [0, 0.1) is 19.8 Å². The van der Waals surface area contributed by atoms with Crippen LogP contribution in [-0.2, 0) is 13.1 Å². The second-order valence-corrected chi connectivity index (χ2v) is 5.85. The van der Waals surface area contributed by atoms with Gasteiger partial charge in [0.1, 0.15) is 12.2 Å².